The summed E-state index contributed by atoms with van der Waals surface area (Å²) in [6.07, 6.45) is 1.24. The molecule has 0 radical (unpaired) electrons. The van der Waals surface area contributed by atoms with E-state index < -0.39 is 15.9 Å². The second-order valence-electron chi connectivity index (χ2n) is 6.45. The minimum absolute atomic E-state index is 0.0679. The molecule has 0 aromatic heterocycles. The number of aliphatic hydroxyl groups excluding tert-OH is 1. The van der Waals surface area contributed by atoms with Crippen LogP contribution in [0.2, 0.25) is 0 Å². The van der Waals surface area contributed by atoms with Crippen LogP contribution >= 0.6 is 0 Å². The summed E-state index contributed by atoms with van der Waals surface area (Å²) >= 11 is 0. The highest BCUT2D eigenvalue weighted by molar-refractivity contribution is 7.91. The molecule has 0 bridgehead atoms. The van der Waals surface area contributed by atoms with Crippen LogP contribution < -0.4 is 5.32 Å². The zero-order chi connectivity index (χ0) is 15.6. The molecule has 1 aromatic carbocycles. The van der Waals surface area contributed by atoms with Gasteiger partial charge in [-0.15, -0.1) is 0 Å². The van der Waals surface area contributed by atoms with E-state index in [1.54, 1.807) is 0 Å². The molecule has 0 aliphatic carbocycles. The van der Waals surface area contributed by atoms with Gasteiger partial charge in [-0.25, -0.2) is 8.42 Å². The lowest BCUT2D eigenvalue weighted by molar-refractivity contribution is 0.136. The molecule has 0 spiro atoms. The summed E-state index contributed by atoms with van der Waals surface area (Å²) in [5.41, 5.74) is 1.33. The maximum Gasteiger partial charge on any atom is 0.154 e. The Labute approximate surface area is 132 Å². The number of sulfone groups is 1. The van der Waals surface area contributed by atoms with Crippen LogP contribution in [0.15, 0.2) is 30.3 Å². The Hall–Kier alpha value is -0.950. The summed E-state index contributed by atoms with van der Waals surface area (Å²) in [5, 5.41) is 13.2. The fourth-order valence-corrected chi connectivity index (χ4v) is 5.14. The van der Waals surface area contributed by atoms with Gasteiger partial charge in [0.1, 0.15) is 0 Å². The van der Waals surface area contributed by atoms with Gasteiger partial charge < -0.3 is 10.4 Å². The third-order valence-corrected chi connectivity index (χ3v) is 6.33. The first-order valence-corrected chi connectivity index (χ1v) is 9.75. The molecule has 2 saturated heterocycles. The summed E-state index contributed by atoms with van der Waals surface area (Å²) in [6.45, 7) is 2.97. The van der Waals surface area contributed by atoms with E-state index in [0.29, 0.717) is 6.04 Å². The van der Waals surface area contributed by atoms with Crippen molar-refractivity contribution in [2.75, 3.05) is 24.6 Å². The molecular formula is C16H24N2O3S. The van der Waals surface area contributed by atoms with Crippen molar-refractivity contribution < 1.29 is 13.5 Å². The zero-order valence-electron chi connectivity index (χ0n) is 12.7. The summed E-state index contributed by atoms with van der Waals surface area (Å²) < 4.78 is 23.1. The average Bonchev–Trinajstić information content (AvgIpc) is 2.74. The number of nitrogens with one attached hydrogen (secondary N) is 1. The first-order chi connectivity index (χ1) is 10.5. The largest absolute Gasteiger partial charge is 0.390 e. The second kappa shape index (κ2) is 6.66. The second-order valence-corrected chi connectivity index (χ2v) is 8.61. The van der Waals surface area contributed by atoms with Gasteiger partial charge in [0, 0.05) is 18.6 Å². The predicted molar refractivity (Wildman–Crippen MR) is 86.3 cm³/mol. The van der Waals surface area contributed by atoms with Crippen molar-refractivity contribution >= 4 is 9.84 Å². The van der Waals surface area contributed by atoms with E-state index in [0.717, 1.165) is 32.5 Å². The lowest BCUT2D eigenvalue weighted by atomic mass is 10.0. The van der Waals surface area contributed by atoms with Crippen molar-refractivity contribution in [2.24, 2.45) is 0 Å². The van der Waals surface area contributed by atoms with Crippen molar-refractivity contribution in [1.29, 1.82) is 0 Å². The highest BCUT2D eigenvalue weighted by Crippen LogP contribution is 2.18. The first-order valence-electron chi connectivity index (χ1n) is 7.93. The first kappa shape index (κ1) is 15.9. The van der Waals surface area contributed by atoms with Crippen molar-refractivity contribution in [3.8, 4) is 0 Å². The Balaban J connectivity index is 1.46. The van der Waals surface area contributed by atoms with Gasteiger partial charge in [-0.3, -0.25) is 4.90 Å². The summed E-state index contributed by atoms with van der Waals surface area (Å²) in [7, 11) is -3.07. The van der Waals surface area contributed by atoms with Crippen LogP contribution in [0, 0.1) is 0 Å². The van der Waals surface area contributed by atoms with Crippen LogP contribution in [0.4, 0.5) is 0 Å². The van der Waals surface area contributed by atoms with Crippen molar-refractivity contribution in [2.45, 2.75) is 37.6 Å². The number of aliphatic hydroxyl groups is 1. The van der Waals surface area contributed by atoms with E-state index in [1.165, 1.54) is 5.56 Å². The smallest absolute Gasteiger partial charge is 0.154 e. The van der Waals surface area contributed by atoms with Crippen LogP contribution in [0.5, 0.6) is 0 Å². The summed E-state index contributed by atoms with van der Waals surface area (Å²) in [6, 6.07) is 10.4. The van der Waals surface area contributed by atoms with Gasteiger partial charge in [-0.05, 0) is 31.5 Å². The van der Waals surface area contributed by atoms with Crippen LogP contribution in [-0.4, -0.2) is 61.2 Å². The molecule has 1 aromatic rings. The maximum absolute atomic E-state index is 11.5. The summed E-state index contributed by atoms with van der Waals surface area (Å²) in [5.74, 6) is -0.0318. The van der Waals surface area contributed by atoms with E-state index in [4.69, 9.17) is 0 Å². The Bertz CT molecular complexity index is 583. The SMILES string of the molecule is O=S1(=O)C[C@@H](O)[C@@H](NC2CCN(Cc3ccccc3)CC2)C1. The average molecular weight is 324 g/mol. The molecule has 0 amide bonds. The highest BCUT2D eigenvalue weighted by atomic mass is 32.2. The number of likely N-dealkylation sites (tertiary alicyclic amines) is 1. The third kappa shape index (κ3) is 4.07. The van der Waals surface area contributed by atoms with Crippen LogP contribution in [0.3, 0.4) is 0 Å². The Morgan fingerprint density at radius 1 is 1.14 bits per heavy atom. The van der Waals surface area contributed by atoms with Crippen LogP contribution in [0.25, 0.3) is 0 Å². The molecule has 2 N–H and O–H groups in total. The molecule has 0 saturated carbocycles. The Morgan fingerprint density at radius 2 is 1.82 bits per heavy atom. The van der Waals surface area contributed by atoms with Crippen molar-refractivity contribution in [3.05, 3.63) is 35.9 Å². The molecule has 5 nitrogen and oxygen atoms in total. The van der Waals surface area contributed by atoms with E-state index in [1.807, 2.05) is 6.07 Å². The topological polar surface area (TPSA) is 69.6 Å². The molecule has 122 valence electrons. The van der Waals surface area contributed by atoms with Gasteiger partial charge >= 0.3 is 0 Å². The lowest BCUT2D eigenvalue weighted by Crippen LogP contribution is -2.49. The quantitative estimate of drug-likeness (QED) is 0.839. The maximum atomic E-state index is 11.5. The number of hydrogen-bond donors (Lipinski definition) is 2. The molecule has 2 fully saturated rings. The monoisotopic (exact) mass is 324 g/mol. The Morgan fingerprint density at radius 3 is 2.41 bits per heavy atom. The molecule has 2 heterocycles. The minimum Gasteiger partial charge on any atom is -0.390 e. The van der Waals surface area contributed by atoms with Gasteiger partial charge in [0.15, 0.2) is 9.84 Å². The van der Waals surface area contributed by atoms with Gasteiger partial charge in [0.2, 0.25) is 0 Å². The molecule has 6 heteroatoms. The Kier molecular flexibility index (Phi) is 4.82. The molecule has 3 rings (SSSR count). The molecule has 2 aliphatic rings. The number of hydrogen-bond acceptors (Lipinski definition) is 5. The molecule has 2 aliphatic heterocycles. The fraction of sp³-hybridized carbons (Fsp3) is 0.625. The van der Waals surface area contributed by atoms with E-state index in [-0.39, 0.29) is 17.5 Å². The predicted octanol–water partition coefficient (Wildman–Crippen LogP) is 0.399. The van der Waals surface area contributed by atoms with E-state index in [9.17, 15) is 13.5 Å². The normalized spacial score (nSPS) is 29.7. The lowest BCUT2D eigenvalue weighted by Gasteiger charge is -2.34. The van der Waals surface area contributed by atoms with E-state index >= 15 is 0 Å². The zero-order valence-corrected chi connectivity index (χ0v) is 13.5. The molecule has 0 unspecified atom stereocenters. The van der Waals surface area contributed by atoms with Gasteiger partial charge in [0.25, 0.3) is 0 Å². The minimum atomic E-state index is -3.07. The van der Waals surface area contributed by atoms with Crippen molar-refractivity contribution in [1.82, 2.24) is 10.2 Å². The number of benzene rings is 1. The molecule has 2 atom stereocenters. The van der Waals surface area contributed by atoms with Crippen LogP contribution in [0.1, 0.15) is 18.4 Å². The van der Waals surface area contributed by atoms with Crippen molar-refractivity contribution in [3.63, 3.8) is 0 Å². The highest BCUT2D eigenvalue weighted by Gasteiger charge is 2.37. The summed E-state index contributed by atoms with van der Waals surface area (Å²) in [4.78, 5) is 2.43. The van der Waals surface area contributed by atoms with E-state index in [2.05, 4.69) is 34.5 Å². The number of nitrogens with zero attached hydrogens (tertiary/aromatic N) is 1. The number of piperidine rings is 1. The van der Waals surface area contributed by atoms with Crippen LogP contribution in [-0.2, 0) is 16.4 Å². The van der Waals surface area contributed by atoms with Gasteiger partial charge in [0.05, 0.1) is 17.6 Å². The standard InChI is InChI=1S/C16H24N2O3S/c19-16-12-22(20,21)11-15(16)17-14-6-8-18(9-7-14)10-13-4-2-1-3-5-13/h1-5,14-17,19H,6-12H2/t15-,16+/m0/s1. The number of rotatable bonds is 4. The molecule has 22 heavy (non-hydrogen) atoms. The van der Waals surface area contributed by atoms with Gasteiger partial charge in [-0.1, -0.05) is 30.3 Å². The third-order valence-electron chi connectivity index (χ3n) is 4.61. The molecular weight excluding hydrogens is 300 g/mol. The van der Waals surface area contributed by atoms with Gasteiger partial charge in [-0.2, -0.15) is 0 Å². The fourth-order valence-electron chi connectivity index (χ4n) is 3.39.